The van der Waals surface area contributed by atoms with Crippen molar-refractivity contribution in [3.63, 3.8) is 0 Å². The van der Waals surface area contributed by atoms with E-state index in [9.17, 15) is 9.59 Å². The van der Waals surface area contributed by atoms with Crippen molar-refractivity contribution in [2.75, 3.05) is 11.1 Å². The number of hydrogen-bond donors (Lipinski definition) is 3. The van der Waals surface area contributed by atoms with E-state index in [2.05, 4.69) is 10.6 Å². The Morgan fingerprint density at radius 1 is 1.08 bits per heavy atom. The Labute approximate surface area is 153 Å². The molecule has 0 spiro atoms. The van der Waals surface area contributed by atoms with Crippen LogP contribution < -0.4 is 16.4 Å². The van der Waals surface area contributed by atoms with E-state index >= 15 is 0 Å². The molecule has 1 amide bonds. The van der Waals surface area contributed by atoms with Gasteiger partial charge in [-0.3, -0.25) is 0 Å². The summed E-state index contributed by atoms with van der Waals surface area (Å²) >= 11 is 0. The number of carbonyl (C=O) groups is 2. The molecule has 0 radical (unpaired) electrons. The normalized spacial score (nSPS) is 13.3. The maximum absolute atomic E-state index is 12.1. The minimum Gasteiger partial charge on any atom is -0.444 e. The summed E-state index contributed by atoms with van der Waals surface area (Å²) in [5.74, 6) is 0. The molecule has 0 fully saturated rings. The number of benzene rings is 2. The lowest BCUT2D eigenvalue weighted by atomic mass is 9.99. The molecule has 2 aromatic carbocycles. The van der Waals surface area contributed by atoms with Gasteiger partial charge in [0.25, 0.3) is 0 Å². The van der Waals surface area contributed by atoms with Gasteiger partial charge in [-0.1, -0.05) is 30.3 Å². The van der Waals surface area contributed by atoms with Crippen LogP contribution in [-0.4, -0.2) is 24.0 Å². The number of hydrogen-bond acceptors (Lipinski definition) is 5. The molecule has 6 nitrogen and oxygen atoms in total. The van der Waals surface area contributed by atoms with Crippen molar-refractivity contribution >= 4 is 23.8 Å². The molecular weight excluding hydrogens is 330 g/mol. The summed E-state index contributed by atoms with van der Waals surface area (Å²) in [6.45, 7) is 5.30. The standard InChI is InChI=1S/C20H25N3O3/c1-20(2,3)26-19(25)23-17(13-24)18(14-7-5-4-6-8-14)22-16-11-9-15(21)10-12-16/h4-13,17-18,22H,21H2,1-3H3,(H,23,25). The van der Waals surface area contributed by atoms with E-state index < -0.39 is 23.8 Å². The van der Waals surface area contributed by atoms with Gasteiger partial charge in [0, 0.05) is 11.4 Å². The summed E-state index contributed by atoms with van der Waals surface area (Å²) in [4.78, 5) is 23.9. The van der Waals surface area contributed by atoms with Gasteiger partial charge in [-0.15, -0.1) is 0 Å². The molecule has 6 heteroatoms. The summed E-state index contributed by atoms with van der Waals surface area (Å²) < 4.78 is 5.27. The molecule has 0 aliphatic heterocycles. The lowest BCUT2D eigenvalue weighted by molar-refractivity contribution is -0.110. The molecule has 26 heavy (non-hydrogen) atoms. The number of aldehydes is 1. The van der Waals surface area contributed by atoms with Crippen LogP contribution in [0.25, 0.3) is 0 Å². The first-order chi connectivity index (χ1) is 12.3. The molecule has 0 aliphatic rings. The van der Waals surface area contributed by atoms with E-state index in [4.69, 9.17) is 10.5 Å². The molecule has 2 atom stereocenters. The average Bonchev–Trinajstić information content (AvgIpc) is 2.59. The predicted molar refractivity (Wildman–Crippen MR) is 103 cm³/mol. The van der Waals surface area contributed by atoms with Crippen molar-refractivity contribution in [2.24, 2.45) is 0 Å². The zero-order valence-electron chi connectivity index (χ0n) is 15.2. The quantitative estimate of drug-likeness (QED) is 0.544. The van der Waals surface area contributed by atoms with Crippen LogP contribution in [0.4, 0.5) is 16.2 Å². The molecule has 0 bridgehead atoms. The second-order valence-electron chi connectivity index (χ2n) is 6.96. The number of anilines is 2. The fourth-order valence-electron chi connectivity index (χ4n) is 2.44. The van der Waals surface area contributed by atoms with Crippen LogP contribution in [0, 0.1) is 0 Å². The molecule has 2 aromatic rings. The van der Waals surface area contributed by atoms with Crippen LogP contribution in [-0.2, 0) is 9.53 Å². The van der Waals surface area contributed by atoms with Gasteiger partial charge in [0.15, 0.2) is 0 Å². The lowest BCUT2D eigenvalue weighted by Gasteiger charge is -2.28. The molecule has 0 heterocycles. The highest BCUT2D eigenvalue weighted by Crippen LogP contribution is 2.23. The number of ether oxygens (including phenoxy) is 1. The third-order valence-corrected chi connectivity index (χ3v) is 3.58. The molecule has 2 rings (SSSR count). The first kappa shape index (κ1) is 19.3. The molecule has 0 aromatic heterocycles. The maximum Gasteiger partial charge on any atom is 0.408 e. The Morgan fingerprint density at radius 3 is 2.23 bits per heavy atom. The number of nitrogen functional groups attached to an aromatic ring is 1. The van der Waals surface area contributed by atoms with Crippen molar-refractivity contribution in [3.05, 3.63) is 60.2 Å². The first-order valence-corrected chi connectivity index (χ1v) is 8.40. The van der Waals surface area contributed by atoms with Crippen molar-refractivity contribution in [3.8, 4) is 0 Å². The highest BCUT2D eigenvalue weighted by atomic mass is 16.6. The maximum atomic E-state index is 12.1. The molecule has 0 saturated carbocycles. The summed E-state index contributed by atoms with van der Waals surface area (Å²) in [5.41, 5.74) is 7.36. The number of nitrogens with one attached hydrogen (secondary N) is 2. The van der Waals surface area contributed by atoms with E-state index in [0.29, 0.717) is 12.0 Å². The number of rotatable bonds is 6. The predicted octanol–water partition coefficient (Wildman–Crippen LogP) is 3.51. The molecule has 0 aliphatic carbocycles. The zero-order chi connectivity index (χ0) is 19.2. The van der Waals surface area contributed by atoms with Crippen molar-refractivity contribution < 1.29 is 14.3 Å². The Balaban J connectivity index is 2.24. The van der Waals surface area contributed by atoms with Gasteiger partial charge < -0.3 is 25.9 Å². The number of alkyl carbamates (subject to hydrolysis) is 1. The third kappa shape index (κ3) is 5.81. The van der Waals surface area contributed by atoms with Gasteiger partial charge in [-0.05, 0) is 50.6 Å². The van der Waals surface area contributed by atoms with Crippen LogP contribution in [0.15, 0.2) is 54.6 Å². The SMILES string of the molecule is CC(C)(C)OC(=O)NC(C=O)C(Nc1ccc(N)cc1)c1ccccc1. The van der Waals surface area contributed by atoms with Gasteiger partial charge in [-0.25, -0.2) is 4.79 Å². The van der Waals surface area contributed by atoms with E-state index in [1.165, 1.54) is 0 Å². The van der Waals surface area contributed by atoms with E-state index in [1.807, 2.05) is 42.5 Å². The van der Waals surface area contributed by atoms with Crippen LogP contribution >= 0.6 is 0 Å². The van der Waals surface area contributed by atoms with E-state index in [0.717, 1.165) is 11.3 Å². The fourth-order valence-corrected chi connectivity index (χ4v) is 2.44. The minimum absolute atomic E-state index is 0.468. The van der Waals surface area contributed by atoms with Crippen molar-refractivity contribution in [1.29, 1.82) is 0 Å². The average molecular weight is 355 g/mol. The summed E-state index contributed by atoms with van der Waals surface area (Å²) in [6, 6.07) is 15.3. The van der Waals surface area contributed by atoms with Gasteiger partial charge in [0.2, 0.25) is 0 Å². The Hall–Kier alpha value is -3.02. The highest BCUT2D eigenvalue weighted by molar-refractivity contribution is 5.75. The summed E-state index contributed by atoms with van der Waals surface area (Å²) in [5, 5.41) is 5.92. The topological polar surface area (TPSA) is 93.4 Å². The molecular formula is C20H25N3O3. The van der Waals surface area contributed by atoms with Crippen molar-refractivity contribution in [1.82, 2.24) is 5.32 Å². The third-order valence-electron chi connectivity index (χ3n) is 3.58. The van der Waals surface area contributed by atoms with E-state index in [1.54, 1.807) is 32.9 Å². The number of carbonyl (C=O) groups excluding carboxylic acids is 2. The highest BCUT2D eigenvalue weighted by Gasteiger charge is 2.27. The van der Waals surface area contributed by atoms with Gasteiger partial charge in [-0.2, -0.15) is 0 Å². The van der Waals surface area contributed by atoms with Crippen LogP contribution in [0.2, 0.25) is 0 Å². The van der Waals surface area contributed by atoms with Crippen LogP contribution in [0.1, 0.15) is 32.4 Å². The number of nitrogens with two attached hydrogens (primary N) is 1. The molecule has 2 unspecified atom stereocenters. The van der Waals surface area contributed by atoms with Crippen LogP contribution in [0.3, 0.4) is 0 Å². The minimum atomic E-state index is -0.815. The smallest absolute Gasteiger partial charge is 0.408 e. The number of amides is 1. The van der Waals surface area contributed by atoms with Crippen LogP contribution in [0.5, 0.6) is 0 Å². The van der Waals surface area contributed by atoms with Crippen molar-refractivity contribution in [2.45, 2.75) is 38.5 Å². The molecule has 4 N–H and O–H groups in total. The summed E-state index contributed by atoms with van der Waals surface area (Å²) in [7, 11) is 0. The monoisotopic (exact) mass is 355 g/mol. The zero-order valence-corrected chi connectivity index (χ0v) is 15.2. The second-order valence-corrected chi connectivity index (χ2v) is 6.96. The Morgan fingerprint density at radius 2 is 1.69 bits per heavy atom. The lowest BCUT2D eigenvalue weighted by Crippen LogP contribution is -2.45. The summed E-state index contributed by atoms with van der Waals surface area (Å²) in [6.07, 6.45) is 0.0564. The first-order valence-electron chi connectivity index (χ1n) is 8.40. The van der Waals surface area contributed by atoms with Gasteiger partial charge in [0.05, 0.1) is 6.04 Å². The van der Waals surface area contributed by atoms with Gasteiger partial charge in [0.1, 0.15) is 17.9 Å². The Kier molecular flexibility index (Phi) is 6.22. The second kappa shape index (κ2) is 8.38. The molecule has 138 valence electrons. The fraction of sp³-hybridized carbons (Fsp3) is 0.300. The largest absolute Gasteiger partial charge is 0.444 e. The van der Waals surface area contributed by atoms with Gasteiger partial charge >= 0.3 is 6.09 Å². The van der Waals surface area contributed by atoms with E-state index in [-0.39, 0.29) is 0 Å². The Bertz CT molecular complexity index is 724. The molecule has 0 saturated heterocycles.